The number of amides is 2. The SMILES string of the molecule is O=C1NC(=O)c2cc3nc(-c4ccccc4)c(-c4ccccc4)nc3cc21. The third-order valence-corrected chi connectivity index (χ3v) is 4.61. The zero-order valence-corrected chi connectivity index (χ0v) is 14.1. The van der Waals surface area contributed by atoms with Gasteiger partial charge in [-0.25, -0.2) is 9.97 Å². The van der Waals surface area contributed by atoms with E-state index in [4.69, 9.17) is 9.97 Å². The standard InChI is InChI=1S/C22H13N3O2/c26-21-15-11-17-18(12-16(15)22(27)25-21)24-20(14-9-5-2-6-10-14)19(23-17)13-7-3-1-4-8-13/h1-12H,(H,25,26,27). The van der Waals surface area contributed by atoms with Crippen LogP contribution in [0, 0.1) is 0 Å². The number of benzene rings is 3. The third-order valence-electron chi connectivity index (χ3n) is 4.61. The number of fused-ring (bicyclic) bond motifs is 2. The van der Waals surface area contributed by atoms with Crippen LogP contribution in [0.4, 0.5) is 0 Å². The fourth-order valence-corrected chi connectivity index (χ4v) is 3.31. The number of hydrogen-bond donors (Lipinski definition) is 1. The van der Waals surface area contributed by atoms with Crippen molar-refractivity contribution in [3.05, 3.63) is 83.9 Å². The highest BCUT2D eigenvalue weighted by atomic mass is 16.2. The largest absolute Gasteiger partial charge is 0.288 e. The minimum absolute atomic E-state index is 0.341. The molecule has 0 saturated heterocycles. The zero-order valence-electron chi connectivity index (χ0n) is 14.1. The van der Waals surface area contributed by atoms with Gasteiger partial charge in [0.15, 0.2) is 0 Å². The van der Waals surface area contributed by atoms with E-state index < -0.39 is 11.8 Å². The first-order valence-corrected chi connectivity index (χ1v) is 8.53. The van der Waals surface area contributed by atoms with E-state index in [1.54, 1.807) is 12.1 Å². The maximum Gasteiger partial charge on any atom is 0.259 e. The van der Waals surface area contributed by atoms with Crippen LogP contribution >= 0.6 is 0 Å². The van der Waals surface area contributed by atoms with Crippen molar-refractivity contribution in [2.45, 2.75) is 0 Å². The van der Waals surface area contributed by atoms with E-state index in [9.17, 15) is 9.59 Å². The lowest BCUT2D eigenvalue weighted by Gasteiger charge is -2.11. The molecule has 0 atom stereocenters. The summed E-state index contributed by atoms with van der Waals surface area (Å²) in [7, 11) is 0. The molecule has 0 unspecified atom stereocenters. The molecule has 2 heterocycles. The van der Waals surface area contributed by atoms with E-state index in [1.165, 1.54) is 0 Å². The second kappa shape index (κ2) is 5.85. The van der Waals surface area contributed by atoms with Gasteiger partial charge in [0.1, 0.15) is 0 Å². The van der Waals surface area contributed by atoms with Crippen LogP contribution in [-0.4, -0.2) is 21.8 Å². The van der Waals surface area contributed by atoms with Gasteiger partial charge in [-0.3, -0.25) is 14.9 Å². The molecular weight excluding hydrogens is 338 g/mol. The van der Waals surface area contributed by atoms with E-state index in [-0.39, 0.29) is 0 Å². The molecule has 5 rings (SSSR count). The van der Waals surface area contributed by atoms with Crippen molar-refractivity contribution in [2.24, 2.45) is 0 Å². The number of nitrogens with one attached hydrogen (secondary N) is 1. The Labute approximate surface area is 154 Å². The highest BCUT2D eigenvalue weighted by Crippen LogP contribution is 2.32. The van der Waals surface area contributed by atoms with Gasteiger partial charge in [-0.15, -0.1) is 0 Å². The fraction of sp³-hybridized carbons (Fsp3) is 0. The van der Waals surface area contributed by atoms with Crippen LogP contribution in [0.3, 0.4) is 0 Å². The van der Waals surface area contributed by atoms with Gasteiger partial charge in [0, 0.05) is 11.1 Å². The van der Waals surface area contributed by atoms with E-state index in [0.29, 0.717) is 22.2 Å². The lowest BCUT2D eigenvalue weighted by molar-refractivity contribution is 0.0879. The van der Waals surface area contributed by atoms with Gasteiger partial charge in [0.05, 0.1) is 33.5 Å². The van der Waals surface area contributed by atoms with Crippen molar-refractivity contribution in [2.75, 3.05) is 0 Å². The predicted octanol–water partition coefficient (Wildman–Crippen LogP) is 3.85. The van der Waals surface area contributed by atoms with Crippen LogP contribution < -0.4 is 5.32 Å². The van der Waals surface area contributed by atoms with Crippen LogP contribution in [-0.2, 0) is 0 Å². The number of aromatic nitrogens is 2. The molecule has 0 aliphatic carbocycles. The number of rotatable bonds is 2. The second-order valence-electron chi connectivity index (χ2n) is 6.32. The van der Waals surface area contributed by atoms with E-state index in [1.807, 2.05) is 60.7 Å². The van der Waals surface area contributed by atoms with Gasteiger partial charge in [0.2, 0.25) is 0 Å². The first-order valence-electron chi connectivity index (χ1n) is 8.53. The average molecular weight is 351 g/mol. The maximum absolute atomic E-state index is 12.0. The summed E-state index contributed by atoms with van der Waals surface area (Å²) >= 11 is 0. The topological polar surface area (TPSA) is 72.0 Å². The Morgan fingerprint density at radius 1 is 0.593 bits per heavy atom. The molecule has 0 radical (unpaired) electrons. The second-order valence-corrected chi connectivity index (χ2v) is 6.32. The Balaban J connectivity index is 1.83. The molecule has 5 heteroatoms. The van der Waals surface area contributed by atoms with Gasteiger partial charge in [-0.05, 0) is 12.1 Å². The highest BCUT2D eigenvalue weighted by Gasteiger charge is 2.28. The highest BCUT2D eigenvalue weighted by molar-refractivity contribution is 6.23. The van der Waals surface area contributed by atoms with Crippen LogP contribution in [0.15, 0.2) is 72.8 Å². The summed E-state index contributed by atoms with van der Waals surface area (Å²) in [5.41, 5.74) is 5.19. The molecule has 2 amide bonds. The van der Waals surface area contributed by atoms with E-state index in [0.717, 1.165) is 22.5 Å². The molecule has 128 valence electrons. The molecule has 0 fully saturated rings. The molecular formula is C22H13N3O2. The predicted molar refractivity (Wildman–Crippen MR) is 102 cm³/mol. The molecule has 1 aliphatic heterocycles. The zero-order chi connectivity index (χ0) is 18.4. The molecule has 5 nitrogen and oxygen atoms in total. The minimum atomic E-state index is -0.396. The van der Waals surface area contributed by atoms with E-state index >= 15 is 0 Å². The van der Waals surface area contributed by atoms with Crippen LogP contribution in [0.1, 0.15) is 20.7 Å². The summed E-state index contributed by atoms with van der Waals surface area (Å²) < 4.78 is 0. The third kappa shape index (κ3) is 2.48. The summed E-state index contributed by atoms with van der Waals surface area (Å²) in [6.45, 7) is 0. The molecule has 1 N–H and O–H groups in total. The molecule has 1 aliphatic rings. The summed E-state index contributed by atoms with van der Waals surface area (Å²) in [6.07, 6.45) is 0. The normalized spacial score (nSPS) is 12.9. The molecule has 0 bridgehead atoms. The van der Waals surface area contributed by atoms with Crippen LogP contribution in [0.2, 0.25) is 0 Å². The van der Waals surface area contributed by atoms with E-state index in [2.05, 4.69) is 5.32 Å². The molecule has 3 aromatic carbocycles. The number of nitrogens with zero attached hydrogens (tertiary/aromatic N) is 2. The Kier molecular flexibility index (Phi) is 3.33. The fourth-order valence-electron chi connectivity index (χ4n) is 3.31. The number of hydrogen-bond acceptors (Lipinski definition) is 4. The van der Waals surface area contributed by atoms with Crippen molar-refractivity contribution in [3.63, 3.8) is 0 Å². The lowest BCUT2D eigenvalue weighted by atomic mass is 10.0. The van der Waals surface area contributed by atoms with Crippen molar-refractivity contribution in [3.8, 4) is 22.5 Å². The van der Waals surface area contributed by atoms with Gasteiger partial charge in [0.25, 0.3) is 11.8 Å². The minimum Gasteiger partial charge on any atom is -0.288 e. The Morgan fingerprint density at radius 2 is 1.00 bits per heavy atom. The quantitative estimate of drug-likeness (QED) is 0.557. The Bertz CT molecular complexity index is 1120. The van der Waals surface area contributed by atoms with Crippen molar-refractivity contribution in [1.82, 2.24) is 15.3 Å². The first-order chi connectivity index (χ1) is 13.2. The summed E-state index contributed by atoms with van der Waals surface area (Å²) in [5, 5.41) is 2.32. The lowest BCUT2D eigenvalue weighted by Crippen LogP contribution is -2.19. The average Bonchev–Trinajstić information content (AvgIpc) is 2.99. The van der Waals surface area contributed by atoms with Gasteiger partial charge in [-0.2, -0.15) is 0 Å². The summed E-state index contributed by atoms with van der Waals surface area (Å²) in [5.74, 6) is -0.792. The van der Waals surface area contributed by atoms with Gasteiger partial charge in [-0.1, -0.05) is 60.7 Å². The maximum atomic E-state index is 12.0. The monoisotopic (exact) mass is 351 g/mol. The van der Waals surface area contributed by atoms with Crippen LogP contribution in [0.5, 0.6) is 0 Å². The molecule has 0 spiro atoms. The molecule has 27 heavy (non-hydrogen) atoms. The number of imide groups is 1. The van der Waals surface area contributed by atoms with Gasteiger partial charge >= 0.3 is 0 Å². The smallest absolute Gasteiger partial charge is 0.259 e. The molecule has 0 saturated carbocycles. The summed E-state index contributed by atoms with van der Waals surface area (Å²) in [6, 6.07) is 22.9. The first kappa shape index (κ1) is 15.4. The number of carbonyl (C=O) groups is 2. The summed E-state index contributed by atoms with van der Waals surface area (Å²) in [4.78, 5) is 33.6. The molecule has 4 aromatic rings. The van der Waals surface area contributed by atoms with Crippen molar-refractivity contribution >= 4 is 22.8 Å². The Hall–Kier alpha value is -3.86. The van der Waals surface area contributed by atoms with Gasteiger partial charge < -0.3 is 0 Å². The van der Waals surface area contributed by atoms with Crippen molar-refractivity contribution in [1.29, 1.82) is 0 Å². The Morgan fingerprint density at radius 3 is 1.41 bits per heavy atom. The van der Waals surface area contributed by atoms with Crippen LogP contribution in [0.25, 0.3) is 33.5 Å². The number of carbonyl (C=O) groups excluding carboxylic acids is 2. The molecule has 1 aromatic heterocycles. The van der Waals surface area contributed by atoms with Crippen molar-refractivity contribution < 1.29 is 9.59 Å².